The Morgan fingerprint density at radius 1 is 0.667 bits per heavy atom. The zero-order valence-electron chi connectivity index (χ0n) is 29.3. The van der Waals surface area contributed by atoms with Crippen LogP contribution in [0.2, 0.25) is 0 Å². The van der Waals surface area contributed by atoms with Crippen LogP contribution in [0.5, 0.6) is 17.2 Å². The summed E-state index contributed by atoms with van der Waals surface area (Å²) in [5, 5.41) is 45.6. The van der Waals surface area contributed by atoms with Crippen molar-refractivity contribution < 1.29 is 35.1 Å². The van der Waals surface area contributed by atoms with Crippen molar-refractivity contribution >= 4 is 17.5 Å². The van der Waals surface area contributed by atoms with E-state index in [0.29, 0.717) is 23.5 Å². The monoisotopic (exact) mass is 654 g/mol. The van der Waals surface area contributed by atoms with Crippen LogP contribution in [0.25, 0.3) is 5.57 Å². The Morgan fingerprint density at radius 2 is 1.04 bits per heavy atom. The summed E-state index contributed by atoms with van der Waals surface area (Å²) in [6.07, 6.45) is 1.28. The van der Waals surface area contributed by atoms with Crippen LogP contribution in [0.1, 0.15) is 80.5 Å². The van der Waals surface area contributed by atoms with Gasteiger partial charge in [-0.25, -0.2) is 9.59 Å². The lowest BCUT2D eigenvalue weighted by molar-refractivity contribution is -0.132. The van der Waals surface area contributed by atoms with Crippen LogP contribution in [0.15, 0.2) is 104 Å². The minimum Gasteiger partial charge on any atom is -0.508 e. The number of carboxylic acid groups (broad SMARTS) is 2. The Labute approximate surface area is 285 Å². The molecule has 0 radical (unpaired) electrons. The molecule has 4 aromatic carbocycles. The number of benzene rings is 4. The van der Waals surface area contributed by atoms with E-state index in [4.69, 9.17) is 15.3 Å². The Balaban J connectivity index is 0.000000483. The summed E-state index contributed by atoms with van der Waals surface area (Å²) in [5.41, 5.74) is 6.02. The summed E-state index contributed by atoms with van der Waals surface area (Å²) in [4.78, 5) is 21.1. The van der Waals surface area contributed by atoms with Crippen molar-refractivity contribution in [2.24, 2.45) is 0 Å². The fourth-order valence-corrected chi connectivity index (χ4v) is 4.68. The van der Waals surface area contributed by atoms with Gasteiger partial charge >= 0.3 is 11.9 Å². The van der Waals surface area contributed by atoms with Gasteiger partial charge in [0.15, 0.2) is 0 Å². The summed E-state index contributed by atoms with van der Waals surface area (Å²) in [5.74, 6) is -1.08. The summed E-state index contributed by atoms with van der Waals surface area (Å²) in [6, 6.07) is 25.5. The molecule has 0 aliphatic heterocycles. The molecule has 0 aromatic heterocycles. The predicted octanol–water partition coefficient (Wildman–Crippen LogP) is 9.33. The molecule has 0 unspecified atom stereocenters. The molecule has 0 aliphatic rings. The molecule has 0 aliphatic carbocycles. The second-order valence-corrected chi connectivity index (χ2v) is 13.3. The van der Waals surface area contributed by atoms with Gasteiger partial charge in [-0.2, -0.15) is 0 Å². The number of phenolic OH excluding ortho intramolecular Hbond substituents is 3. The number of phenols is 3. The van der Waals surface area contributed by atoms with Gasteiger partial charge in [0.1, 0.15) is 17.2 Å². The first-order valence-electron chi connectivity index (χ1n) is 15.4. The van der Waals surface area contributed by atoms with Gasteiger partial charge in [-0.05, 0) is 76.8 Å². The molecule has 0 saturated carbocycles. The fraction of sp³-hybridized carbons (Fsp3) is 0.268. The SMILES string of the molecule is C=C(C(=O)O)c1c(Cc2cc(C)cc(C(C)(C)C)c2O)cc(C)cc1C(C)(C)C.C=CC(=O)O.Oc1ccccc1.Oc1ccccc1. The standard InChI is InChI=1S/C26H34O3.2C6H6O.C3H4O2/c1-15-10-18(22(17(3)24(28)29)20(12-15)25(4,5)6)14-19-11-16(2)13-21(23(19)27)26(7,8)9;2*7-6-4-2-1-3-5-6;1-2-3(4)5/h10-13,27H,3,14H2,1-2,4-9H3,(H,28,29);2*1-5,7H;2H,1H2,(H,4,5). The Bertz CT molecular complexity index is 1640. The quantitative estimate of drug-likeness (QED) is 0.135. The van der Waals surface area contributed by atoms with Gasteiger partial charge < -0.3 is 25.5 Å². The maximum atomic E-state index is 11.8. The van der Waals surface area contributed by atoms with E-state index in [1.165, 1.54) is 0 Å². The van der Waals surface area contributed by atoms with Crippen molar-refractivity contribution in [3.8, 4) is 17.2 Å². The maximum absolute atomic E-state index is 11.8. The van der Waals surface area contributed by atoms with E-state index in [9.17, 15) is 19.8 Å². The summed E-state index contributed by atoms with van der Waals surface area (Å²) in [7, 11) is 0. The van der Waals surface area contributed by atoms with E-state index < -0.39 is 11.9 Å². The average Bonchev–Trinajstić information content (AvgIpc) is 2.99. The van der Waals surface area contributed by atoms with Gasteiger partial charge in [0, 0.05) is 12.5 Å². The zero-order chi connectivity index (χ0) is 36.8. The number of carbonyl (C=O) groups is 2. The number of hydrogen-bond acceptors (Lipinski definition) is 5. The molecular weight excluding hydrogens is 604 g/mol. The lowest BCUT2D eigenvalue weighted by Gasteiger charge is -2.27. The van der Waals surface area contributed by atoms with Gasteiger partial charge in [-0.1, -0.05) is 126 Å². The fourth-order valence-electron chi connectivity index (χ4n) is 4.68. The Hall–Kier alpha value is -5.30. The number of aliphatic carboxylic acids is 2. The van der Waals surface area contributed by atoms with E-state index in [0.717, 1.165) is 39.5 Å². The van der Waals surface area contributed by atoms with E-state index >= 15 is 0 Å². The molecule has 256 valence electrons. The highest BCUT2D eigenvalue weighted by molar-refractivity contribution is 6.15. The van der Waals surface area contributed by atoms with Crippen molar-refractivity contribution in [1.82, 2.24) is 0 Å². The number of para-hydroxylation sites is 2. The first-order valence-corrected chi connectivity index (χ1v) is 15.4. The average molecular weight is 655 g/mol. The summed E-state index contributed by atoms with van der Waals surface area (Å²) >= 11 is 0. The largest absolute Gasteiger partial charge is 0.508 e. The van der Waals surface area contributed by atoms with Gasteiger partial charge in [-0.3, -0.25) is 0 Å². The van der Waals surface area contributed by atoms with Crippen molar-refractivity contribution in [1.29, 1.82) is 0 Å². The number of hydrogen-bond donors (Lipinski definition) is 5. The number of aromatic hydroxyl groups is 3. The summed E-state index contributed by atoms with van der Waals surface area (Å²) in [6.45, 7) is 23.3. The molecule has 4 aromatic rings. The molecule has 0 atom stereocenters. The normalized spacial score (nSPS) is 10.5. The molecule has 0 heterocycles. The third-order valence-corrected chi connectivity index (χ3v) is 6.94. The van der Waals surface area contributed by atoms with Crippen molar-refractivity contribution in [2.45, 2.75) is 72.6 Å². The lowest BCUT2D eigenvalue weighted by Crippen LogP contribution is -2.18. The Morgan fingerprint density at radius 3 is 1.35 bits per heavy atom. The van der Waals surface area contributed by atoms with Crippen LogP contribution in [-0.4, -0.2) is 37.5 Å². The third-order valence-electron chi connectivity index (χ3n) is 6.94. The number of aryl methyl sites for hydroxylation is 2. The number of rotatable bonds is 5. The molecule has 48 heavy (non-hydrogen) atoms. The highest BCUT2D eigenvalue weighted by atomic mass is 16.4. The van der Waals surface area contributed by atoms with E-state index in [1.54, 1.807) is 48.5 Å². The molecule has 0 fully saturated rings. The van der Waals surface area contributed by atoms with Crippen molar-refractivity contribution in [3.63, 3.8) is 0 Å². The molecule has 7 nitrogen and oxygen atoms in total. The minimum atomic E-state index is -1.02. The molecule has 0 spiro atoms. The van der Waals surface area contributed by atoms with Crippen LogP contribution in [-0.2, 0) is 26.8 Å². The third kappa shape index (κ3) is 13.6. The zero-order valence-corrected chi connectivity index (χ0v) is 29.3. The van der Waals surface area contributed by atoms with Crippen LogP contribution in [0.3, 0.4) is 0 Å². The topological polar surface area (TPSA) is 135 Å². The maximum Gasteiger partial charge on any atom is 0.335 e. The first kappa shape index (κ1) is 40.7. The molecular formula is C41H50O7. The second-order valence-electron chi connectivity index (χ2n) is 13.3. The van der Waals surface area contributed by atoms with E-state index in [-0.39, 0.29) is 22.2 Å². The molecule has 7 heteroatoms. The van der Waals surface area contributed by atoms with Gasteiger partial charge in [0.25, 0.3) is 0 Å². The van der Waals surface area contributed by atoms with Crippen LogP contribution in [0.4, 0.5) is 0 Å². The van der Waals surface area contributed by atoms with Crippen LogP contribution in [0, 0.1) is 13.8 Å². The molecule has 0 amide bonds. The molecule has 5 N–H and O–H groups in total. The lowest BCUT2D eigenvalue weighted by atomic mass is 9.77. The highest BCUT2D eigenvalue weighted by Gasteiger charge is 2.26. The van der Waals surface area contributed by atoms with Crippen LogP contribution >= 0.6 is 0 Å². The number of carboxylic acids is 2. The first-order chi connectivity index (χ1) is 22.2. The predicted molar refractivity (Wildman–Crippen MR) is 195 cm³/mol. The molecule has 0 bridgehead atoms. The smallest absolute Gasteiger partial charge is 0.335 e. The second kappa shape index (κ2) is 18.1. The van der Waals surface area contributed by atoms with Crippen molar-refractivity contribution in [3.05, 3.63) is 143 Å². The van der Waals surface area contributed by atoms with Gasteiger partial charge in [0.05, 0.1) is 5.57 Å². The Kier molecular flexibility index (Phi) is 15.4. The van der Waals surface area contributed by atoms with Crippen LogP contribution < -0.4 is 0 Å². The molecule has 4 rings (SSSR count). The minimum absolute atomic E-state index is 0.0908. The van der Waals surface area contributed by atoms with Gasteiger partial charge in [0.2, 0.25) is 0 Å². The van der Waals surface area contributed by atoms with E-state index in [2.05, 4.69) is 54.7 Å². The molecule has 0 saturated heterocycles. The highest BCUT2D eigenvalue weighted by Crippen LogP contribution is 2.38. The van der Waals surface area contributed by atoms with E-state index in [1.807, 2.05) is 50.2 Å². The summed E-state index contributed by atoms with van der Waals surface area (Å²) < 4.78 is 0. The van der Waals surface area contributed by atoms with Crippen molar-refractivity contribution in [2.75, 3.05) is 0 Å². The van der Waals surface area contributed by atoms with Gasteiger partial charge in [-0.15, -0.1) is 0 Å².